The third kappa shape index (κ3) is 6.24. The van der Waals surface area contributed by atoms with E-state index in [1.807, 2.05) is 24.3 Å². The molecule has 1 amide bonds. The summed E-state index contributed by atoms with van der Waals surface area (Å²) in [7, 11) is 1.42. The first-order valence-corrected chi connectivity index (χ1v) is 12.0. The van der Waals surface area contributed by atoms with Crippen LogP contribution in [0.1, 0.15) is 40.2 Å². The summed E-state index contributed by atoms with van der Waals surface area (Å²) >= 11 is 6.18. The largest absolute Gasteiger partial charge is 0.493 e. The number of hydrogen-bond acceptors (Lipinski definition) is 7. The van der Waals surface area contributed by atoms with Crippen LogP contribution < -0.4 is 19.6 Å². The fourth-order valence-corrected chi connectivity index (χ4v) is 4.03. The molecule has 2 aromatic heterocycles. The Morgan fingerprint density at radius 1 is 1.05 bits per heavy atom. The van der Waals surface area contributed by atoms with Gasteiger partial charge < -0.3 is 23.2 Å². The van der Waals surface area contributed by atoms with Crippen molar-refractivity contribution >= 4 is 29.7 Å². The van der Waals surface area contributed by atoms with Gasteiger partial charge in [0, 0.05) is 24.0 Å². The number of esters is 1. The number of ether oxygens (including phenoxy) is 3. The summed E-state index contributed by atoms with van der Waals surface area (Å²) in [6.07, 6.45) is 1.37. The Morgan fingerprint density at radius 2 is 1.76 bits per heavy atom. The Labute approximate surface area is 224 Å². The number of hydrazone groups is 1. The van der Waals surface area contributed by atoms with Crippen LogP contribution in [0.15, 0.2) is 70.2 Å². The molecular formula is C28H26ClN3O6. The van der Waals surface area contributed by atoms with Crippen molar-refractivity contribution in [2.24, 2.45) is 5.10 Å². The minimum absolute atomic E-state index is 0.0791. The number of carbonyl (C=O) groups excluding carboxylic acids is 2. The molecule has 196 valence electrons. The van der Waals surface area contributed by atoms with Crippen LogP contribution in [0.4, 0.5) is 0 Å². The highest BCUT2D eigenvalue weighted by Crippen LogP contribution is 2.36. The van der Waals surface area contributed by atoms with Crippen molar-refractivity contribution in [2.45, 2.75) is 27.4 Å². The lowest BCUT2D eigenvalue weighted by atomic mass is 10.2. The van der Waals surface area contributed by atoms with Gasteiger partial charge in [-0.25, -0.2) is 5.43 Å². The van der Waals surface area contributed by atoms with Gasteiger partial charge >= 0.3 is 11.9 Å². The predicted molar refractivity (Wildman–Crippen MR) is 143 cm³/mol. The lowest BCUT2D eigenvalue weighted by Crippen LogP contribution is -2.16. The number of hydrogen-bond donors (Lipinski definition) is 1. The summed E-state index contributed by atoms with van der Waals surface area (Å²) in [5.41, 5.74) is 6.27. The molecule has 0 bridgehead atoms. The van der Waals surface area contributed by atoms with E-state index in [-0.39, 0.29) is 28.9 Å². The molecule has 38 heavy (non-hydrogen) atoms. The molecule has 10 heteroatoms. The normalized spacial score (nSPS) is 11.0. The van der Waals surface area contributed by atoms with E-state index in [0.29, 0.717) is 17.1 Å². The third-order valence-corrected chi connectivity index (χ3v) is 5.79. The fourth-order valence-electron chi connectivity index (χ4n) is 3.78. The van der Waals surface area contributed by atoms with Gasteiger partial charge in [-0.1, -0.05) is 11.6 Å². The topological polar surface area (TPSA) is 104 Å². The molecular weight excluding hydrogens is 510 g/mol. The molecule has 0 atom stereocenters. The van der Waals surface area contributed by atoms with Gasteiger partial charge in [-0.05, 0) is 80.1 Å². The van der Waals surface area contributed by atoms with Gasteiger partial charge in [0.25, 0.3) is 0 Å². The Bertz CT molecular complexity index is 1470. The van der Waals surface area contributed by atoms with Crippen LogP contribution in [0.3, 0.4) is 0 Å². The van der Waals surface area contributed by atoms with E-state index in [2.05, 4.69) is 41.1 Å². The molecule has 4 aromatic rings. The average Bonchev–Trinajstić information content (AvgIpc) is 3.50. The monoisotopic (exact) mass is 535 g/mol. The number of furan rings is 1. The molecule has 0 spiro atoms. The highest BCUT2D eigenvalue weighted by molar-refractivity contribution is 6.32. The van der Waals surface area contributed by atoms with E-state index in [4.69, 9.17) is 30.2 Å². The number of carbonyl (C=O) groups is 2. The molecule has 0 fully saturated rings. The molecule has 0 saturated heterocycles. The molecule has 2 heterocycles. The van der Waals surface area contributed by atoms with Gasteiger partial charge in [0.1, 0.15) is 18.1 Å². The average molecular weight is 536 g/mol. The van der Waals surface area contributed by atoms with Gasteiger partial charge in [-0.15, -0.1) is 0 Å². The summed E-state index contributed by atoms with van der Waals surface area (Å²) in [4.78, 5) is 23.7. The van der Waals surface area contributed by atoms with E-state index in [1.165, 1.54) is 32.4 Å². The lowest BCUT2D eigenvalue weighted by molar-refractivity contribution is -0.132. The highest BCUT2D eigenvalue weighted by Gasteiger charge is 2.14. The molecule has 2 aromatic carbocycles. The smallest absolute Gasteiger partial charge is 0.308 e. The second-order valence-corrected chi connectivity index (χ2v) is 8.73. The van der Waals surface area contributed by atoms with Crippen LogP contribution in [-0.4, -0.2) is 29.8 Å². The van der Waals surface area contributed by atoms with Crippen molar-refractivity contribution in [1.82, 2.24) is 9.99 Å². The Morgan fingerprint density at radius 3 is 2.42 bits per heavy atom. The van der Waals surface area contributed by atoms with Crippen molar-refractivity contribution in [1.29, 1.82) is 0 Å². The first kappa shape index (κ1) is 26.6. The van der Waals surface area contributed by atoms with Crippen LogP contribution in [0.5, 0.6) is 17.2 Å². The molecule has 1 N–H and O–H groups in total. The molecule has 0 aliphatic heterocycles. The number of rotatable bonds is 9. The number of nitrogens with one attached hydrogen (secondary N) is 1. The zero-order valence-corrected chi connectivity index (χ0v) is 22.0. The summed E-state index contributed by atoms with van der Waals surface area (Å²) in [5.74, 6) is 0.531. The van der Waals surface area contributed by atoms with Crippen molar-refractivity contribution in [3.8, 4) is 22.9 Å². The number of amides is 1. The van der Waals surface area contributed by atoms with Gasteiger partial charge in [0.2, 0.25) is 0 Å². The number of aryl methyl sites for hydroxylation is 2. The number of aromatic nitrogens is 1. The molecule has 0 unspecified atom stereocenters. The minimum atomic E-state index is -0.538. The van der Waals surface area contributed by atoms with Crippen molar-refractivity contribution in [2.75, 3.05) is 7.11 Å². The Kier molecular flexibility index (Phi) is 8.18. The number of halogens is 1. The van der Waals surface area contributed by atoms with Gasteiger partial charge in [0.15, 0.2) is 17.3 Å². The minimum Gasteiger partial charge on any atom is -0.493 e. The lowest BCUT2D eigenvalue weighted by Gasteiger charge is -2.10. The highest BCUT2D eigenvalue weighted by atomic mass is 35.5. The zero-order chi connectivity index (χ0) is 27.2. The van der Waals surface area contributed by atoms with Crippen LogP contribution >= 0.6 is 11.6 Å². The molecule has 0 radical (unpaired) electrons. The Hall–Kier alpha value is -4.50. The number of nitrogens with zero attached hydrogens (tertiary/aromatic N) is 2. The zero-order valence-electron chi connectivity index (χ0n) is 21.3. The van der Waals surface area contributed by atoms with Gasteiger partial charge in [-0.3, -0.25) is 9.59 Å². The maximum atomic E-state index is 12.4. The quantitative estimate of drug-likeness (QED) is 0.129. The van der Waals surface area contributed by atoms with E-state index in [0.717, 1.165) is 17.1 Å². The third-order valence-electron chi connectivity index (χ3n) is 5.51. The molecule has 9 nitrogen and oxygen atoms in total. The van der Waals surface area contributed by atoms with E-state index in [1.54, 1.807) is 12.1 Å². The molecule has 0 aliphatic rings. The van der Waals surface area contributed by atoms with Crippen LogP contribution in [0.2, 0.25) is 5.02 Å². The standard InChI is InChI=1S/C28H26ClN3O6/c1-17-5-6-18(2)32(17)21-7-9-22(10-8-21)36-16-23-11-12-25(38-23)28(34)31-30-15-20-13-24(29)27(37-19(3)33)26(14-20)35-4/h5-15H,16H2,1-4H3,(H,31,34)/b30-15+. The maximum absolute atomic E-state index is 12.4. The van der Waals surface area contributed by atoms with E-state index >= 15 is 0 Å². The van der Waals surface area contributed by atoms with Crippen molar-refractivity contribution in [3.05, 3.63) is 94.2 Å². The van der Waals surface area contributed by atoms with Gasteiger partial charge in [0.05, 0.1) is 18.3 Å². The molecule has 0 aliphatic carbocycles. The summed E-state index contributed by atoms with van der Waals surface area (Å²) in [6, 6.07) is 18.2. The second kappa shape index (κ2) is 11.7. The Balaban J connectivity index is 1.33. The maximum Gasteiger partial charge on any atom is 0.308 e. The van der Waals surface area contributed by atoms with Crippen molar-refractivity contribution < 1.29 is 28.2 Å². The van der Waals surface area contributed by atoms with E-state index < -0.39 is 11.9 Å². The summed E-state index contributed by atoms with van der Waals surface area (Å²) < 4.78 is 23.8. The van der Waals surface area contributed by atoms with Crippen molar-refractivity contribution in [3.63, 3.8) is 0 Å². The first-order chi connectivity index (χ1) is 18.2. The summed E-state index contributed by atoms with van der Waals surface area (Å²) in [5, 5.41) is 4.09. The fraction of sp³-hybridized carbons (Fsp3) is 0.179. The van der Waals surface area contributed by atoms with Crippen LogP contribution in [-0.2, 0) is 11.4 Å². The predicted octanol–water partition coefficient (Wildman–Crippen LogP) is 5.62. The summed E-state index contributed by atoms with van der Waals surface area (Å²) in [6.45, 7) is 5.54. The SMILES string of the molecule is COc1cc(/C=N/NC(=O)c2ccc(COc3ccc(-n4c(C)ccc4C)cc3)o2)cc(Cl)c1OC(C)=O. The second-order valence-electron chi connectivity index (χ2n) is 8.33. The van der Waals surface area contributed by atoms with Gasteiger partial charge in [-0.2, -0.15) is 5.10 Å². The van der Waals surface area contributed by atoms with Crippen LogP contribution in [0.25, 0.3) is 5.69 Å². The molecule has 4 rings (SSSR count). The van der Waals surface area contributed by atoms with E-state index in [9.17, 15) is 9.59 Å². The molecule has 0 saturated carbocycles. The number of benzene rings is 2. The van der Waals surface area contributed by atoms with Crippen LogP contribution in [0, 0.1) is 13.8 Å². The number of methoxy groups -OCH3 is 1. The first-order valence-electron chi connectivity index (χ1n) is 11.6.